The average molecular weight is 277 g/mol. The first-order chi connectivity index (χ1) is 9.19. The summed E-state index contributed by atoms with van der Waals surface area (Å²) in [6.45, 7) is 7.44. The molecule has 0 fully saturated rings. The van der Waals surface area contributed by atoms with E-state index in [1.54, 1.807) is 31.4 Å². The third-order valence-corrected chi connectivity index (χ3v) is 3.70. The van der Waals surface area contributed by atoms with Gasteiger partial charge in [-0.1, -0.05) is 5.06 Å². The molecule has 5 heteroatoms. The van der Waals surface area contributed by atoms with Crippen LogP contribution in [0.2, 0.25) is 0 Å². The zero-order valence-electron chi connectivity index (χ0n) is 12.6. The Balaban J connectivity index is 2.55. The summed E-state index contributed by atoms with van der Waals surface area (Å²) in [4.78, 5) is 0. The van der Waals surface area contributed by atoms with Crippen LogP contribution >= 0.6 is 0 Å². The van der Waals surface area contributed by atoms with Gasteiger partial charge in [0.05, 0.1) is 12.7 Å². The van der Waals surface area contributed by atoms with Gasteiger partial charge in [-0.25, -0.2) is 0 Å². The van der Waals surface area contributed by atoms with Crippen LogP contribution < -0.4 is 4.74 Å². The maximum absolute atomic E-state index is 12.5. The summed E-state index contributed by atoms with van der Waals surface area (Å²) >= 11 is 0. The first-order valence-electron chi connectivity index (χ1n) is 6.65. The minimum absolute atomic E-state index is 0.161. The zero-order valence-corrected chi connectivity index (χ0v) is 12.6. The highest BCUT2D eigenvalue weighted by Crippen LogP contribution is 2.34. The quantitative estimate of drug-likeness (QED) is 0.616. The van der Waals surface area contributed by atoms with Gasteiger partial charge in [-0.2, -0.15) is 0 Å². The number of hydroxylamine groups is 3. The van der Waals surface area contributed by atoms with Crippen molar-refractivity contribution >= 4 is 5.84 Å². The topological polar surface area (TPSA) is 58.4 Å². The van der Waals surface area contributed by atoms with Crippen molar-refractivity contribution in [3.05, 3.63) is 35.0 Å². The predicted octanol–water partition coefficient (Wildman–Crippen LogP) is 2.56. The first kappa shape index (κ1) is 14.7. The molecule has 0 bridgehead atoms. The molecule has 0 N–H and O–H groups in total. The molecule has 0 spiro atoms. The lowest BCUT2D eigenvalue weighted by Gasteiger charge is -2.43. The van der Waals surface area contributed by atoms with Crippen LogP contribution in [-0.2, 0) is 5.21 Å². The fourth-order valence-electron chi connectivity index (χ4n) is 2.83. The van der Waals surface area contributed by atoms with E-state index in [1.165, 1.54) is 0 Å². The van der Waals surface area contributed by atoms with Gasteiger partial charge in [0.1, 0.15) is 16.8 Å². The molecule has 1 heterocycles. The Bertz CT molecular complexity index is 533. The normalized spacial score (nSPS) is 21.0. The second-order valence-electron chi connectivity index (χ2n) is 6.44. The summed E-state index contributed by atoms with van der Waals surface area (Å²) in [5.41, 5.74) is -0.615. The number of rotatable bonds is 2. The van der Waals surface area contributed by atoms with Gasteiger partial charge >= 0.3 is 5.84 Å². The average Bonchev–Trinajstić information content (AvgIpc) is 2.37. The Morgan fingerprint density at radius 2 is 1.75 bits per heavy atom. The van der Waals surface area contributed by atoms with E-state index in [0.29, 0.717) is 17.7 Å². The van der Waals surface area contributed by atoms with E-state index >= 15 is 0 Å². The Morgan fingerprint density at radius 3 is 2.25 bits per heavy atom. The van der Waals surface area contributed by atoms with Crippen molar-refractivity contribution in [1.29, 1.82) is 0 Å². The maximum atomic E-state index is 12.5. The van der Waals surface area contributed by atoms with Gasteiger partial charge in [-0.05, 0) is 52.0 Å². The molecule has 2 rings (SSSR count). The smallest absolute Gasteiger partial charge is 0.316 e. The molecule has 1 aliphatic rings. The van der Waals surface area contributed by atoms with E-state index in [2.05, 4.69) is 0 Å². The SMILES string of the molecule is COc1ccc(C2=[N+]([O-])C(C)(C)CC(C)(C)N2[O])cc1. The van der Waals surface area contributed by atoms with Crippen molar-refractivity contribution < 1.29 is 14.7 Å². The van der Waals surface area contributed by atoms with Crippen LogP contribution in [0.25, 0.3) is 0 Å². The molecule has 0 aliphatic carbocycles. The van der Waals surface area contributed by atoms with Gasteiger partial charge in [-0.3, -0.25) is 4.74 Å². The number of methoxy groups -OCH3 is 1. The van der Waals surface area contributed by atoms with Crippen LogP contribution in [0.3, 0.4) is 0 Å². The van der Waals surface area contributed by atoms with E-state index in [4.69, 9.17) is 4.74 Å². The molecular weight excluding hydrogens is 256 g/mol. The van der Waals surface area contributed by atoms with Crippen LogP contribution in [0, 0.1) is 5.21 Å². The molecule has 0 amide bonds. The molecule has 109 valence electrons. The van der Waals surface area contributed by atoms with Gasteiger partial charge in [0, 0.05) is 11.6 Å². The molecule has 1 radical (unpaired) electrons. The van der Waals surface area contributed by atoms with E-state index < -0.39 is 11.1 Å². The van der Waals surface area contributed by atoms with Gasteiger partial charge in [0.25, 0.3) is 0 Å². The summed E-state index contributed by atoms with van der Waals surface area (Å²) in [5.74, 6) is 0.854. The van der Waals surface area contributed by atoms with Crippen LogP contribution in [-0.4, -0.2) is 33.8 Å². The minimum atomic E-state index is -0.611. The standard InChI is InChI=1S/C15H21N2O3/c1-14(2)10-15(3,4)17(19)13(16(14)18)11-6-8-12(20-5)9-7-11/h6-9H,10H2,1-5H3. The van der Waals surface area contributed by atoms with Gasteiger partial charge in [-0.15, -0.1) is 0 Å². The van der Waals surface area contributed by atoms with Crippen LogP contribution in [0.15, 0.2) is 24.3 Å². The number of hydrogen-bond donors (Lipinski definition) is 0. The Labute approximate surface area is 119 Å². The van der Waals surface area contributed by atoms with Crippen molar-refractivity contribution in [3.63, 3.8) is 0 Å². The van der Waals surface area contributed by atoms with Crippen molar-refractivity contribution in [2.75, 3.05) is 7.11 Å². The Kier molecular flexibility index (Phi) is 3.42. The first-order valence-corrected chi connectivity index (χ1v) is 6.65. The largest absolute Gasteiger partial charge is 0.715 e. The molecule has 1 aromatic carbocycles. The predicted molar refractivity (Wildman–Crippen MR) is 76.0 cm³/mol. The van der Waals surface area contributed by atoms with Crippen molar-refractivity contribution in [2.45, 2.75) is 45.2 Å². The van der Waals surface area contributed by atoms with E-state index in [1.807, 2.05) is 27.7 Å². The highest BCUT2D eigenvalue weighted by atomic mass is 16.5. The molecule has 0 atom stereocenters. The minimum Gasteiger partial charge on any atom is -0.715 e. The molecule has 20 heavy (non-hydrogen) atoms. The van der Waals surface area contributed by atoms with Crippen molar-refractivity contribution in [3.8, 4) is 5.75 Å². The third-order valence-electron chi connectivity index (χ3n) is 3.70. The lowest BCUT2D eigenvalue weighted by atomic mass is 9.84. The zero-order chi connectivity index (χ0) is 15.1. The molecule has 5 nitrogen and oxygen atoms in total. The van der Waals surface area contributed by atoms with E-state index in [0.717, 1.165) is 9.80 Å². The number of hydrogen-bond acceptors (Lipinski definition) is 3. The molecule has 0 saturated heterocycles. The molecule has 1 aliphatic heterocycles. The summed E-state index contributed by atoms with van der Waals surface area (Å²) in [6, 6.07) is 6.97. The number of ether oxygens (including phenoxy) is 1. The number of benzene rings is 1. The van der Waals surface area contributed by atoms with Crippen LogP contribution in [0.1, 0.15) is 39.7 Å². The molecule has 0 unspecified atom stereocenters. The second kappa shape index (κ2) is 4.66. The maximum Gasteiger partial charge on any atom is 0.316 e. The Hall–Kier alpha value is -1.75. The highest BCUT2D eigenvalue weighted by molar-refractivity contribution is 5.95. The number of amidine groups is 1. The van der Waals surface area contributed by atoms with Crippen LogP contribution in [0.5, 0.6) is 5.75 Å². The van der Waals surface area contributed by atoms with Gasteiger partial charge < -0.3 is 9.94 Å². The molecule has 0 saturated carbocycles. The monoisotopic (exact) mass is 277 g/mol. The summed E-state index contributed by atoms with van der Waals surface area (Å²) in [5, 5.41) is 25.8. The highest BCUT2D eigenvalue weighted by Gasteiger charge is 2.50. The Morgan fingerprint density at radius 1 is 1.20 bits per heavy atom. The fraction of sp³-hybridized carbons (Fsp3) is 0.533. The van der Waals surface area contributed by atoms with Gasteiger partial charge in [0.15, 0.2) is 0 Å². The summed E-state index contributed by atoms with van der Waals surface area (Å²) < 4.78 is 5.93. The van der Waals surface area contributed by atoms with Crippen LogP contribution in [0.4, 0.5) is 0 Å². The van der Waals surface area contributed by atoms with Crippen molar-refractivity contribution in [1.82, 2.24) is 5.06 Å². The second-order valence-corrected chi connectivity index (χ2v) is 6.44. The molecule has 0 aromatic heterocycles. The molecular formula is C15H21N2O3. The summed E-state index contributed by atoms with van der Waals surface area (Å²) in [6.07, 6.45) is 0.507. The third kappa shape index (κ3) is 2.33. The lowest BCUT2D eigenvalue weighted by Crippen LogP contribution is -2.59. The number of nitrogens with zero attached hydrogens (tertiary/aromatic N) is 2. The van der Waals surface area contributed by atoms with E-state index in [-0.39, 0.29) is 5.84 Å². The van der Waals surface area contributed by atoms with E-state index in [9.17, 15) is 10.4 Å². The van der Waals surface area contributed by atoms with Gasteiger partial charge in [0.2, 0.25) is 0 Å². The van der Waals surface area contributed by atoms with Crippen molar-refractivity contribution in [2.24, 2.45) is 0 Å². The lowest BCUT2D eigenvalue weighted by molar-refractivity contribution is -0.566. The summed E-state index contributed by atoms with van der Waals surface area (Å²) in [7, 11) is 1.58. The molecule has 1 aromatic rings. The fourth-order valence-corrected chi connectivity index (χ4v) is 2.83.